The van der Waals surface area contributed by atoms with E-state index in [1.54, 1.807) is 33.8 Å². The molecule has 0 spiro atoms. The van der Waals surface area contributed by atoms with Gasteiger partial charge in [-0.15, -0.1) is 0 Å². The zero-order valence-corrected chi connectivity index (χ0v) is 22.1. The van der Waals surface area contributed by atoms with Crippen molar-refractivity contribution in [2.24, 2.45) is 0 Å². The number of benzene rings is 2. The van der Waals surface area contributed by atoms with Gasteiger partial charge in [-0.05, 0) is 38.8 Å². The number of ether oxygens (including phenoxy) is 3. The molecule has 1 aliphatic rings. The minimum atomic E-state index is -0.687. The number of amides is 1. The van der Waals surface area contributed by atoms with E-state index in [0.29, 0.717) is 45.8 Å². The second kappa shape index (κ2) is 11.0. The maximum Gasteiger partial charge on any atom is 0.414 e. The minimum Gasteiger partial charge on any atom is -0.487 e. The molecule has 1 atom stereocenters. The van der Waals surface area contributed by atoms with Gasteiger partial charge in [0.15, 0.2) is 0 Å². The van der Waals surface area contributed by atoms with E-state index in [0.717, 1.165) is 5.56 Å². The molecule has 2 N–H and O–H groups in total. The van der Waals surface area contributed by atoms with E-state index in [9.17, 15) is 14.7 Å². The third-order valence-corrected chi connectivity index (χ3v) is 5.81. The number of anilines is 1. The Morgan fingerprint density at radius 3 is 2.42 bits per heavy atom. The van der Waals surface area contributed by atoms with Crippen LogP contribution in [-0.2, 0) is 16.1 Å². The van der Waals surface area contributed by atoms with Crippen molar-refractivity contribution in [2.75, 3.05) is 25.2 Å². The number of hydrogen-bond donors (Lipinski definition) is 2. The van der Waals surface area contributed by atoms with Gasteiger partial charge in [-0.25, -0.2) is 9.59 Å². The Bertz CT molecular complexity index is 1230. The van der Waals surface area contributed by atoms with E-state index in [1.165, 1.54) is 12.0 Å². The molecule has 0 saturated carbocycles. The molecule has 194 valence electrons. The number of methoxy groups -OCH3 is 1. The predicted octanol–water partition coefficient (Wildman–Crippen LogP) is 5.70. The van der Waals surface area contributed by atoms with Crippen molar-refractivity contribution < 1.29 is 28.9 Å². The van der Waals surface area contributed by atoms with Crippen LogP contribution in [0.5, 0.6) is 5.75 Å². The van der Waals surface area contributed by atoms with Gasteiger partial charge in [0.05, 0.1) is 30.5 Å². The average Bonchev–Trinajstić information content (AvgIpc) is 3.40. The number of nitrogens with zero attached hydrogens (tertiary/aromatic N) is 1. The van der Waals surface area contributed by atoms with Crippen LogP contribution in [0.4, 0.5) is 10.5 Å². The monoisotopic (exact) mass is 496 g/mol. The average molecular weight is 497 g/mol. The largest absolute Gasteiger partial charge is 0.487 e. The number of aromatic nitrogens is 1. The molecule has 3 aromatic rings. The van der Waals surface area contributed by atoms with Crippen molar-refractivity contribution in [1.29, 1.82) is 0 Å². The number of aromatic amines is 1. The van der Waals surface area contributed by atoms with E-state index < -0.39 is 23.6 Å². The first-order chi connectivity index (χ1) is 17.1. The summed E-state index contributed by atoms with van der Waals surface area (Å²) in [5, 5.41) is 10.8. The summed E-state index contributed by atoms with van der Waals surface area (Å²) in [5.74, 6) is -0.409. The number of rotatable bonds is 5. The number of carbonyl (C=O) groups is 2. The number of hydrogen-bond acceptors (Lipinski definition) is 6. The summed E-state index contributed by atoms with van der Waals surface area (Å²) in [5.41, 5.74) is 3.14. The van der Waals surface area contributed by atoms with Gasteiger partial charge in [0.1, 0.15) is 18.0 Å². The molecular weight excluding hydrogens is 460 g/mol. The fraction of sp³-hybridized carbons (Fsp3) is 0.429. The van der Waals surface area contributed by atoms with Gasteiger partial charge < -0.3 is 24.3 Å². The highest BCUT2D eigenvalue weighted by atomic mass is 16.6. The lowest BCUT2D eigenvalue weighted by atomic mass is 9.95. The first-order valence-corrected chi connectivity index (χ1v) is 12.2. The van der Waals surface area contributed by atoms with E-state index in [2.05, 4.69) is 4.98 Å². The van der Waals surface area contributed by atoms with Crippen LogP contribution in [0, 0.1) is 6.92 Å². The third kappa shape index (κ3) is 5.33. The zero-order chi connectivity index (χ0) is 26.6. The number of aliphatic hydroxyl groups excluding tert-OH is 1. The highest BCUT2D eigenvalue weighted by Crippen LogP contribution is 2.47. The molecule has 2 heterocycles. The fourth-order valence-electron chi connectivity index (χ4n) is 4.37. The SMILES string of the molecule is CC.COC(=O)c1c(C)[nH]c2c(OCc3ccccc3)cc3c(c12)C(CO)CN3C(=O)OC(C)(C)C. The Labute approximate surface area is 212 Å². The number of aryl methyl sites for hydroxylation is 1. The standard InChI is InChI=1S/C26H30N2O6.C2H6/c1-15-20(24(30)32-5)22-21-17(13-29)12-28(25(31)34-26(2,3)4)18(21)11-19(23(22)27-15)33-14-16-9-7-6-8-10-16;1-2/h6-11,17,27,29H,12-14H2,1-5H3;1-2H3. The second-order valence-corrected chi connectivity index (χ2v) is 9.42. The molecule has 4 rings (SSSR count). The number of esters is 1. The molecule has 0 radical (unpaired) electrons. The maximum absolute atomic E-state index is 13.1. The Morgan fingerprint density at radius 2 is 1.83 bits per heavy atom. The van der Waals surface area contributed by atoms with Crippen LogP contribution in [0.25, 0.3) is 10.9 Å². The molecule has 0 saturated heterocycles. The molecule has 1 amide bonds. The van der Waals surface area contributed by atoms with Crippen molar-refractivity contribution in [1.82, 2.24) is 4.98 Å². The Balaban J connectivity index is 0.00000176. The minimum absolute atomic E-state index is 0.198. The fourth-order valence-corrected chi connectivity index (χ4v) is 4.37. The van der Waals surface area contributed by atoms with Gasteiger partial charge in [0.25, 0.3) is 0 Å². The van der Waals surface area contributed by atoms with E-state index in [4.69, 9.17) is 14.2 Å². The molecule has 36 heavy (non-hydrogen) atoms. The van der Waals surface area contributed by atoms with Crippen LogP contribution in [0.15, 0.2) is 36.4 Å². The summed E-state index contributed by atoms with van der Waals surface area (Å²) in [6.45, 7) is 11.5. The lowest BCUT2D eigenvalue weighted by Crippen LogP contribution is -2.36. The lowest BCUT2D eigenvalue weighted by Gasteiger charge is -2.25. The number of carbonyl (C=O) groups excluding carboxylic acids is 2. The molecule has 8 nitrogen and oxygen atoms in total. The van der Waals surface area contributed by atoms with Crippen LogP contribution in [0.3, 0.4) is 0 Å². The van der Waals surface area contributed by atoms with Gasteiger partial charge in [-0.2, -0.15) is 0 Å². The summed E-state index contributed by atoms with van der Waals surface area (Å²) in [6.07, 6.45) is -0.523. The summed E-state index contributed by atoms with van der Waals surface area (Å²) in [4.78, 5) is 30.6. The molecule has 0 fully saturated rings. The summed E-state index contributed by atoms with van der Waals surface area (Å²) in [6, 6.07) is 11.5. The van der Waals surface area contributed by atoms with Crippen molar-refractivity contribution >= 4 is 28.7 Å². The van der Waals surface area contributed by atoms with Crippen LogP contribution >= 0.6 is 0 Å². The van der Waals surface area contributed by atoms with E-state index in [-0.39, 0.29) is 13.2 Å². The van der Waals surface area contributed by atoms with Gasteiger partial charge in [-0.3, -0.25) is 4.90 Å². The predicted molar refractivity (Wildman–Crippen MR) is 140 cm³/mol. The highest BCUT2D eigenvalue weighted by Gasteiger charge is 2.39. The van der Waals surface area contributed by atoms with Crippen LogP contribution in [0.1, 0.15) is 67.7 Å². The van der Waals surface area contributed by atoms with Crippen molar-refractivity contribution in [3.63, 3.8) is 0 Å². The second-order valence-electron chi connectivity index (χ2n) is 9.42. The first-order valence-electron chi connectivity index (χ1n) is 12.2. The topological polar surface area (TPSA) is 101 Å². The maximum atomic E-state index is 13.1. The van der Waals surface area contributed by atoms with Gasteiger partial charge >= 0.3 is 12.1 Å². The number of aliphatic hydroxyl groups is 1. The number of fused-ring (bicyclic) bond motifs is 3. The van der Waals surface area contributed by atoms with E-state index in [1.807, 2.05) is 44.2 Å². The Morgan fingerprint density at radius 1 is 1.17 bits per heavy atom. The van der Waals surface area contributed by atoms with Crippen molar-refractivity contribution in [3.05, 3.63) is 58.8 Å². The van der Waals surface area contributed by atoms with Crippen LogP contribution in [-0.4, -0.2) is 48.0 Å². The molecule has 2 aromatic carbocycles. The molecule has 0 aliphatic carbocycles. The number of nitrogens with one attached hydrogen (secondary N) is 1. The zero-order valence-electron chi connectivity index (χ0n) is 22.1. The molecule has 1 unspecified atom stereocenters. The van der Waals surface area contributed by atoms with Crippen molar-refractivity contribution in [2.45, 2.75) is 59.7 Å². The summed E-state index contributed by atoms with van der Waals surface area (Å²) in [7, 11) is 1.33. The summed E-state index contributed by atoms with van der Waals surface area (Å²) >= 11 is 0. The molecule has 0 bridgehead atoms. The van der Waals surface area contributed by atoms with Gasteiger partial charge in [0, 0.05) is 29.6 Å². The first kappa shape index (κ1) is 27.1. The van der Waals surface area contributed by atoms with Crippen LogP contribution < -0.4 is 9.64 Å². The smallest absolute Gasteiger partial charge is 0.414 e. The quantitative estimate of drug-likeness (QED) is 0.440. The Kier molecular flexibility index (Phi) is 8.30. The van der Waals surface area contributed by atoms with Gasteiger partial charge in [0.2, 0.25) is 0 Å². The lowest BCUT2D eigenvalue weighted by molar-refractivity contribution is 0.0576. The Hall–Kier alpha value is -3.52. The van der Waals surface area contributed by atoms with Gasteiger partial charge in [-0.1, -0.05) is 44.2 Å². The number of H-pyrrole nitrogens is 1. The molecular formula is C28H36N2O6. The molecule has 8 heteroatoms. The van der Waals surface area contributed by atoms with Crippen LogP contribution in [0.2, 0.25) is 0 Å². The third-order valence-electron chi connectivity index (χ3n) is 5.81. The normalized spacial score (nSPS) is 14.7. The highest BCUT2D eigenvalue weighted by molar-refractivity contribution is 6.12. The molecule has 1 aliphatic heterocycles. The summed E-state index contributed by atoms with van der Waals surface area (Å²) < 4.78 is 16.9. The molecule has 1 aromatic heterocycles. The van der Waals surface area contributed by atoms with Crippen molar-refractivity contribution in [3.8, 4) is 5.75 Å². The van der Waals surface area contributed by atoms with E-state index >= 15 is 0 Å².